The van der Waals surface area contributed by atoms with E-state index in [9.17, 15) is 4.79 Å². The number of ether oxygens (including phenoxy) is 2. The molecule has 0 fully saturated rings. The molecular formula is C13H14N2O4. The van der Waals surface area contributed by atoms with Gasteiger partial charge in [0.05, 0.1) is 20.1 Å². The van der Waals surface area contributed by atoms with Gasteiger partial charge >= 0.3 is 11.9 Å². The Morgan fingerprint density at radius 2 is 2.21 bits per heavy atom. The summed E-state index contributed by atoms with van der Waals surface area (Å²) < 4.78 is 15.1. The first-order valence-electron chi connectivity index (χ1n) is 5.85. The van der Waals surface area contributed by atoms with Crippen LogP contribution >= 0.6 is 0 Å². The van der Waals surface area contributed by atoms with E-state index in [1.165, 1.54) is 0 Å². The lowest BCUT2D eigenvalue weighted by Gasteiger charge is -2.01. The van der Waals surface area contributed by atoms with E-state index in [1.54, 1.807) is 14.0 Å². The molecule has 2 rings (SSSR count). The van der Waals surface area contributed by atoms with Crippen LogP contribution in [-0.2, 0) is 11.2 Å². The molecule has 2 aromatic rings. The monoisotopic (exact) mass is 262 g/mol. The molecule has 0 bridgehead atoms. The van der Waals surface area contributed by atoms with Crippen LogP contribution in [0.4, 0.5) is 0 Å². The minimum atomic E-state index is -0.605. The zero-order valence-electron chi connectivity index (χ0n) is 10.8. The Balaban J connectivity index is 2.09. The minimum absolute atomic E-state index is 0.125. The number of nitrogens with zero attached hydrogens (tertiary/aromatic N) is 2. The third-order valence-corrected chi connectivity index (χ3v) is 2.41. The Labute approximate surface area is 110 Å². The van der Waals surface area contributed by atoms with Gasteiger partial charge in [-0.15, -0.1) is 10.2 Å². The summed E-state index contributed by atoms with van der Waals surface area (Å²) in [6.07, 6.45) is 0.434. The van der Waals surface area contributed by atoms with Crippen molar-refractivity contribution in [1.82, 2.24) is 10.2 Å². The number of benzene rings is 1. The van der Waals surface area contributed by atoms with Gasteiger partial charge in [0.25, 0.3) is 0 Å². The van der Waals surface area contributed by atoms with Crippen LogP contribution < -0.4 is 4.74 Å². The first-order valence-corrected chi connectivity index (χ1v) is 5.85. The topological polar surface area (TPSA) is 74.5 Å². The van der Waals surface area contributed by atoms with Gasteiger partial charge in [0.1, 0.15) is 5.75 Å². The second-order valence-corrected chi connectivity index (χ2v) is 3.75. The van der Waals surface area contributed by atoms with Crippen molar-refractivity contribution < 1.29 is 18.7 Å². The number of carbonyl (C=O) groups excluding carboxylic acids is 1. The molecule has 6 heteroatoms. The molecule has 0 saturated heterocycles. The summed E-state index contributed by atoms with van der Waals surface area (Å²) in [7, 11) is 1.60. The molecule has 100 valence electrons. The summed E-state index contributed by atoms with van der Waals surface area (Å²) in [5.74, 6) is 0.380. The van der Waals surface area contributed by atoms with E-state index in [2.05, 4.69) is 10.2 Å². The maximum atomic E-state index is 11.4. The molecule has 0 aliphatic rings. The Morgan fingerprint density at radius 1 is 1.37 bits per heavy atom. The number of hydrogen-bond acceptors (Lipinski definition) is 6. The van der Waals surface area contributed by atoms with E-state index in [0.29, 0.717) is 12.3 Å². The van der Waals surface area contributed by atoms with Crippen molar-refractivity contribution >= 4 is 5.97 Å². The smallest absolute Gasteiger partial charge is 0.396 e. The van der Waals surface area contributed by atoms with E-state index in [4.69, 9.17) is 13.9 Å². The molecule has 1 aromatic heterocycles. The number of carbonyl (C=O) groups is 1. The van der Waals surface area contributed by atoms with Gasteiger partial charge in [-0.3, -0.25) is 0 Å². The highest BCUT2D eigenvalue weighted by Gasteiger charge is 2.15. The molecule has 0 spiro atoms. The van der Waals surface area contributed by atoms with E-state index < -0.39 is 5.97 Å². The first-order chi connectivity index (χ1) is 9.22. The summed E-state index contributed by atoms with van der Waals surface area (Å²) in [4.78, 5) is 11.4. The van der Waals surface area contributed by atoms with E-state index >= 15 is 0 Å². The molecule has 0 atom stereocenters. The summed E-state index contributed by atoms with van der Waals surface area (Å²) in [5, 5.41) is 7.46. The fraction of sp³-hybridized carbons (Fsp3) is 0.308. The molecule has 1 heterocycles. The second kappa shape index (κ2) is 5.99. The summed E-state index contributed by atoms with van der Waals surface area (Å²) in [6.45, 7) is 1.98. The fourth-order valence-electron chi connectivity index (χ4n) is 1.56. The maximum absolute atomic E-state index is 11.4. The van der Waals surface area contributed by atoms with Crippen LogP contribution in [0, 0.1) is 0 Å². The van der Waals surface area contributed by atoms with E-state index in [0.717, 1.165) is 11.3 Å². The molecule has 19 heavy (non-hydrogen) atoms. The van der Waals surface area contributed by atoms with Gasteiger partial charge < -0.3 is 13.9 Å². The molecule has 0 radical (unpaired) electrons. The van der Waals surface area contributed by atoms with Crippen molar-refractivity contribution in [2.75, 3.05) is 13.7 Å². The fourth-order valence-corrected chi connectivity index (χ4v) is 1.56. The predicted octanol–water partition coefficient (Wildman–Crippen LogP) is 1.85. The van der Waals surface area contributed by atoms with Crippen molar-refractivity contribution in [3.05, 3.63) is 41.6 Å². The van der Waals surface area contributed by atoms with Crippen molar-refractivity contribution in [3.8, 4) is 5.75 Å². The molecule has 1 aromatic carbocycles. The Morgan fingerprint density at radius 3 is 2.95 bits per heavy atom. The predicted molar refractivity (Wildman–Crippen MR) is 66.1 cm³/mol. The number of esters is 1. The lowest BCUT2D eigenvalue weighted by atomic mass is 10.1. The van der Waals surface area contributed by atoms with Crippen molar-refractivity contribution in [2.24, 2.45) is 0 Å². The average molecular weight is 262 g/mol. The number of hydrogen-bond donors (Lipinski definition) is 0. The maximum Gasteiger partial charge on any atom is 0.396 e. The first kappa shape index (κ1) is 13.1. The van der Waals surface area contributed by atoms with Gasteiger partial charge in [-0.2, -0.15) is 0 Å². The van der Waals surface area contributed by atoms with Crippen LogP contribution in [0.3, 0.4) is 0 Å². The lowest BCUT2D eigenvalue weighted by Crippen LogP contribution is -2.04. The lowest BCUT2D eigenvalue weighted by molar-refractivity contribution is 0.0479. The largest absolute Gasteiger partial charge is 0.497 e. The molecule has 0 amide bonds. The van der Waals surface area contributed by atoms with Crippen LogP contribution in [0.25, 0.3) is 0 Å². The normalized spacial score (nSPS) is 10.2. The summed E-state index contributed by atoms with van der Waals surface area (Å²) >= 11 is 0. The van der Waals surface area contributed by atoms with Gasteiger partial charge in [-0.05, 0) is 24.6 Å². The van der Waals surface area contributed by atoms with Crippen LogP contribution in [-0.4, -0.2) is 29.9 Å². The Bertz CT molecular complexity index is 565. The van der Waals surface area contributed by atoms with E-state index in [1.807, 2.05) is 24.3 Å². The van der Waals surface area contributed by atoms with Crippen LogP contribution in [0.15, 0.2) is 28.7 Å². The van der Waals surface area contributed by atoms with Crippen LogP contribution in [0.1, 0.15) is 29.1 Å². The van der Waals surface area contributed by atoms with E-state index in [-0.39, 0.29) is 12.5 Å². The highest BCUT2D eigenvalue weighted by Crippen LogP contribution is 2.15. The third kappa shape index (κ3) is 3.31. The third-order valence-electron chi connectivity index (χ3n) is 2.41. The zero-order valence-corrected chi connectivity index (χ0v) is 10.8. The summed E-state index contributed by atoms with van der Waals surface area (Å²) in [5.41, 5.74) is 0.957. The molecular weight excluding hydrogens is 248 g/mol. The summed E-state index contributed by atoms with van der Waals surface area (Å²) in [6, 6.07) is 7.50. The Kier molecular flexibility index (Phi) is 4.12. The molecule has 0 saturated carbocycles. The number of methoxy groups -OCH3 is 1. The van der Waals surface area contributed by atoms with Crippen molar-refractivity contribution in [3.63, 3.8) is 0 Å². The number of rotatable bonds is 5. The van der Waals surface area contributed by atoms with Gasteiger partial charge in [0.15, 0.2) is 0 Å². The number of aromatic nitrogens is 2. The molecule has 0 N–H and O–H groups in total. The van der Waals surface area contributed by atoms with Gasteiger partial charge in [-0.25, -0.2) is 4.79 Å². The average Bonchev–Trinajstić information content (AvgIpc) is 2.88. The van der Waals surface area contributed by atoms with Gasteiger partial charge in [0.2, 0.25) is 5.89 Å². The van der Waals surface area contributed by atoms with Gasteiger partial charge in [-0.1, -0.05) is 12.1 Å². The SMILES string of the molecule is CCOC(=O)c1nnc(Cc2cccc(OC)c2)o1. The highest BCUT2D eigenvalue weighted by molar-refractivity contribution is 5.83. The van der Waals surface area contributed by atoms with Crippen LogP contribution in [0.2, 0.25) is 0 Å². The van der Waals surface area contributed by atoms with Gasteiger partial charge in [0, 0.05) is 0 Å². The van der Waals surface area contributed by atoms with Crippen molar-refractivity contribution in [1.29, 1.82) is 0 Å². The van der Waals surface area contributed by atoms with Crippen LogP contribution in [0.5, 0.6) is 5.75 Å². The van der Waals surface area contributed by atoms with Crippen molar-refractivity contribution in [2.45, 2.75) is 13.3 Å². The Hall–Kier alpha value is -2.37. The zero-order chi connectivity index (χ0) is 13.7. The molecule has 0 aliphatic heterocycles. The quantitative estimate of drug-likeness (QED) is 0.765. The molecule has 0 aliphatic carbocycles. The standard InChI is InChI=1S/C13H14N2O4/c1-3-18-13(16)12-15-14-11(19-12)8-9-5-4-6-10(7-9)17-2/h4-7H,3,8H2,1-2H3. The molecule has 6 nitrogen and oxygen atoms in total. The minimum Gasteiger partial charge on any atom is -0.497 e. The molecule has 0 unspecified atom stereocenters. The highest BCUT2D eigenvalue weighted by atomic mass is 16.5. The second-order valence-electron chi connectivity index (χ2n) is 3.75.